The molecule has 3 fully saturated rings. The minimum absolute atomic E-state index is 0.0722. The van der Waals surface area contributed by atoms with Crippen LogP contribution in [0.2, 0.25) is 0 Å². The number of piperidine rings is 2. The fraction of sp³-hybridized carbons (Fsp3) is 0.696. The van der Waals surface area contributed by atoms with Gasteiger partial charge in [0.05, 0.1) is 19.1 Å². The zero-order chi connectivity index (χ0) is 22.0. The third kappa shape index (κ3) is 4.55. The molecule has 8 heteroatoms. The van der Waals surface area contributed by atoms with Crippen LogP contribution in [0.1, 0.15) is 44.9 Å². The second-order valence-electron chi connectivity index (χ2n) is 9.07. The van der Waals surface area contributed by atoms with Gasteiger partial charge in [0.15, 0.2) is 11.5 Å². The number of carbonyl (C=O) groups excluding carboxylic acids is 1. The number of hydrogen-bond acceptors (Lipinski definition) is 5. The van der Waals surface area contributed by atoms with Gasteiger partial charge in [0.2, 0.25) is 15.9 Å². The van der Waals surface area contributed by atoms with E-state index in [0.29, 0.717) is 43.3 Å². The summed E-state index contributed by atoms with van der Waals surface area (Å²) >= 11 is 0. The summed E-state index contributed by atoms with van der Waals surface area (Å²) in [4.78, 5) is 15.4. The van der Waals surface area contributed by atoms with Gasteiger partial charge in [-0.3, -0.25) is 4.79 Å². The second-order valence-corrected chi connectivity index (χ2v) is 11.0. The molecule has 1 aromatic carbocycles. The van der Waals surface area contributed by atoms with Crippen molar-refractivity contribution in [2.24, 2.45) is 17.8 Å². The summed E-state index contributed by atoms with van der Waals surface area (Å²) in [7, 11) is -0.631. The second kappa shape index (κ2) is 9.36. The molecule has 2 atom stereocenters. The number of ether oxygens (including phenoxy) is 2. The van der Waals surface area contributed by atoms with Crippen molar-refractivity contribution in [3.63, 3.8) is 0 Å². The van der Waals surface area contributed by atoms with Crippen LogP contribution < -0.4 is 9.47 Å². The fourth-order valence-electron chi connectivity index (χ4n) is 5.53. The molecule has 0 bridgehead atoms. The number of hydrogen-bond donors (Lipinski definition) is 0. The summed E-state index contributed by atoms with van der Waals surface area (Å²) in [5, 5.41) is 0. The first kappa shape index (κ1) is 22.4. The minimum atomic E-state index is -3.64. The average molecular weight is 451 g/mol. The number of carbonyl (C=O) groups is 1. The van der Waals surface area contributed by atoms with E-state index in [1.165, 1.54) is 50.3 Å². The highest BCUT2D eigenvalue weighted by atomic mass is 32.2. The summed E-state index contributed by atoms with van der Waals surface area (Å²) in [6, 6.07) is 4.65. The van der Waals surface area contributed by atoms with E-state index in [0.717, 1.165) is 25.4 Å². The monoisotopic (exact) mass is 450 g/mol. The zero-order valence-electron chi connectivity index (χ0n) is 18.6. The predicted molar refractivity (Wildman–Crippen MR) is 118 cm³/mol. The number of nitrogens with zero attached hydrogens (tertiary/aromatic N) is 2. The predicted octanol–water partition coefficient (Wildman–Crippen LogP) is 3.14. The van der Waals surface area contributed by atoms with E-state index in [4.69, 9.17) is 9.47 Å². The molecule has 3 aliphatic rings. The Balaban J connectivity index is 1.37. The SMILES string of the molecule is COc1ccc(S(=O)(=O)N2CCC(C(=O)N3CCC4CCCCC4C3)CC2)cc1OC. The Morgan fingerprint density at radius 3 is 2.26 bits per heavy atom. The fourth-order valence-corrected chi connectivity index (χ4v) is 7.01. The maximum atomic E-state index is 13.1. The molecule has 1 aliphatic carbocycles. The number of amides is 1. The highest BCUT2D eigenvalue weighted by Crippen LogP contribution is 2.37. The van der Waals surface area contributed by atoms with E-state index in [9.17, 15) is 13.2 Å². The number of benzene rings is 1. The molecule has 2 aliphatic heterocycles. The Morgan fingerprint density at radius 2 is 1.58 bits per heavy atom. The van der Waals surface area contributed by atoms with E-state index >= 15 is 0 Å². The van der Waals surface area contributed by atoms with Crippen LogP contribution in [-0.2, 0) is 14.8 Å². The molecular weight excluding hydrogens is 416 g/mol. The number of fused-ring (bicyclic) bond motifs is 1. The first-order valence-corrected chi connectivity index (χ1v) is 12.9. The van der Waals surface area contributed by atoms with Gasteiger partial charge in [0.1, 0.15) is 0 Å². The van der Waals surface area contributed by atoms with Crippen LogP contribution in [0, 0.1) is 17.8 Å². The van der Waals surface area contributed by atoms with Gasteiger partial charge in [-0.15, -0.1) is 0 Å². The van der Waals surface area contributed by atoms with Crippen molar-refractivity contribution in [3.8, 4) is 11.5 Å². The Kier molecular flexibility index (Phi) is 6.77. The van der Waals surface area contributed by atoms with Crippen molar-refractivity contribution < 1.29 is 22.7 Å². The molecule has 1 aromatic rings. The van der Waals surface area contributed by atoms with Gasteiger partial charge < -0.3 is 14.4 Å². The van der Waals surface area contributed by atoms with Crippen molar-refractivity contribution in [1.29, 1.82) is 0 Å². The van der Waals surface area contributed by atoms with Crippen LogP contribution >= 0.6 is 0 Å². The van der Waals surface area contributed by atoms with Crippen molar-refractivity contribution in [3.05, 3.63) is 18.2 Å². The van der Waals surface area contributed by atoms with Crippen molar-refractivity contribution in [1.82, 2.24) is 9.21 Å². The molecule has 0 aromatic heterocycles. The molecule has 0 spiro atoms. The van der Waals surface area contributed by atoms with E-state index in [2.05, 4.69) is 4.90 Å². The van der Waals surface area contributed by atoms with Gasteiger partial charge in [-0.05, 0) is 49.7 Å². The van der Waals surface area contributed by atoms with Crippen LogP contribution in [-0.4, -0.2) is 63.9 Å². The van der Waals surface area contributed by atoms with Crippen LogP contribution in [0.4, 0.5) is 0 Å². The molecule has 2 unspecified atom stereocenters. The topological polar surface area (TPSA) is 76.2 Å². The molecule has 0 N–H and O–H groups in total. The van der Waals surface area contributed by atoms with Gasteiger partial charge in [-0.1, -0.05) is 19.3 Å². The van der Waals surface area contributed by atoms with E-state index < -0.39 is 10.0 Å². The minimum Gasteiger partial charge on any atom is -0.493 e. The number of sulfonamides is 1. The van der Waals surface area contributed by atoms with E-state index in [1.54, 1.807) is 12.1 Å². The van der Waals surface area contributed by atoms with Crippen molar-refractivity contribution >= 4 is 15.9 Å². The molecule has 4 rings (SSSR count). The Bertz CT molecular complexity index is 895. The number of likely N-dealkylation sites (tertiary alicyclic amines) is 1. The molecule has 2 heterocycles. The lowest BCUT2D eigenvalue weighted by atomic mass is 9.75. The highest BCUT2D eigenvalue weighted by Gasteiger charge is 2.38. The molecule has 1 saturated carbocycles. The van der Waals surface area contributed by atoms with Gasteiger partial charge in [0, 0.05) is 38.2 Å². The summed E-state index contributed by atoms with van der Waals surface area (Å²) in [5.74, 6) is 2.50. The largest absolute Gasteiger partial charge is 0.493 e. The van der Waals surface area contributed by atoms with Gasteiger partial charge in [-0.25, -0.2) is 8.42 Å². The van der Waals surface area contributed by atoms with Gasteiger partial charge in [-0.2, -0.15) is 4.31 Å². The highest BCUT2D eigenvalue weighted by molar-refractivity contribution is 7.89. The maximum absolute atomic E-state index is 13.1. The number of methoxy groups -OCH3 is 2. The molecule has 7 nitrogen and oxygen atoms in total. The van der Waals surface area contributed by atoms with E-state index in [1.807, 2.05) is 0 Å². The number of rotatable bonds is 5. The lowest BCUT2D eigenvalue weighted by Crippen LogP contribution is -2.49. The Hall–Kier alpha value is -1.80. The average Bonchev–Trinajstić information content (AvgIpc) is 2.82. The molecule has 0 radical (unpaired) electrons. The summed E-state index contributed by atoms with van der Waals surface area (Å²) in [6.45, 7) is 2.50. The molecular formula is C23H34N2O5S. The molecule has 31 heavy (non-hydrogen) atoms. The normalized spacial score (nSPS) is 25.7. The van der Waals surface area contributed by atoms with Crippen LogP contribution in [0.15, 0.2) is 23.1 Å². The van der Waals surface area contributed by atoms with Crippen LogP contribution in [0.3, 0.4) is 0 Å². The molecule has 1 amide bonds. The molecule has 2 saturated heterocycles. The van der Waals surface area contributed by atoms with Crippen LogP contribution in [0.25, 0.3) is 0 Å². The summed E-state index contributed by atoms with van der Waals surface area (Å²) in [5.41, 5.74) is 0. The van der Waals surface area contributed by atoms with Crippen LogP contribution in [0.5, 0.6) is 11.5 Å². The smallest absolute Gasteiger partial charge is 0.243 e. The third-order valence-electron chi connectivity index (χ3n) is 7.40. The summed E-state index contributed by atoms with van der Waals surface area (Å²) in [6.07, 6.45) is 7.47. The quantitative estimate of drug-likeness (QED) is 0.689. The first-order chi connectivity index (χ1) is 14.9. The van der Waals surface area contributed by atoms with Gasteiger partial charge >= 0.3 is 0 Å². The van der Waals surface area contributed by atoms with Crippen molar-refractivity contribution in [2.45, 2.75) is 49.8 Å². The van der Waals surface area contributed by atoms with E-state index in [-0.39, 0.29) is 16.7 Å². The standard InChI is InChI=1S/C23H34N2O5S/c1-29-21-8-7-20(15-22(21)30-2)31(27,28)25-13-10-18(11-14-25)23(26)24-12-9-17-5-3-4-6-19(17)16-24/h7-8,15,17-19H,3-6,9-14,16H2,1-2H3. The maximum Gasteiger partial charge on any atom is 0.243 e. The molecule has 172 valence electrons. The zero-order valence-corrected chi connectivity index (χ0v) is 19.4. The lowest BCUT2D eigenvalue weighted by Gasteiger charge is -2.43. The Morgan fingerprint density at radius 1 is 0.903 bits per heavy atom. The summed E-state index contributed by atoms with van der Waals surface area (Å²) < 4.78 is 38.2. The Labute approximate surface area is 185 Å². The lowest BCUT2D eigenvalue weighted by molar-refractivity contribution is -0.139. The van der Waals surface area contributed by atoms with Gasteiger partial charge in [0.25, 0.3) is 0 Å². The van der Waals surface area contributed by atoms with Crippen molar-refractivity contribution in [2.75, 3.05) is 40.4 Å². The first-order valence-electron chi connectivity index (χ1n) is 11.4. The third-order valence-corrected chi connectivity index (χ3v) is 9.29.